The second-order valence-corrected chi connectivity index (χ2v) is 6.97. The third-order valence-electron chi connectivity index (χ3n) is 4.45. The second kappa shape index (κ2) is 7.38. The Bertz CT molecular complexity index is 805. The molecule has 0 bridgehead atoms. The maximum Gasteiger partial charge on any atom is 0.253 e. The smallest absolute Gasteiger partial charge is 0.253 e. The van der Waals surface area contributed by atoms with Crippen molar-refractivity contribution in [2.45, 2.75) is 25.5 Å². The van der Waals surface area contributed by atoms with Crippen molar-refractivity contribution in [2.24, 2.45) is 0 Å². The lowest BCUT2D eigenvalue weighted by atomic mass is 10.1. The second-order valence-electron chi connectivity index (χ2n) is 6.25. The zero-order valence-corrected chi connectivity index (χ0v) is 14.9. The molecule has 0 saturated carbocycles. The largest absolute Gasteiger partial charge is 0.376 e. The molecule has 0 radical (unpaired) electrons. The van der Waals surface area contributed by atoms with Crippen LogP contribution in [0.2, 0.25) is 0 Å². The first kappa shape index (κ1) is 16.9. The highest BCUT2D eigenvalue weighted by molar-refractivity contribution is 7.07. The molecule has 136 valence electrons. The summed E-state index contributed by atoms with van der Waals surface area (Å²) < 4.78 is 5.52. The summed E-state index contributed by atoms with van der Waals surface area (Å²) in [6, 6.07) is 1.70. The molecule has 4 heterocycles. The minimum atomic E-state index is -0.220. The van der Waals surface area contributed by atoms with Crippen molar-refractivity contribution in [3.05, 3.63) is 34.4 Å². The predicted molar refractivity (Wildman–Crippen MR) is 97.3 cm³/mol. The van der Waals surface area contributed by atoms with E-state index < -0.39 is 0 Å². The van der Waals surface area contributed by atoms with Crippen LogP contribution in [0.15, 0.2) is 23.2 Å². The normalized spacial score (nSPS) is 19.2. The number of aromatic nitrogens is 2. The fourth-order valence-electron chi connectivity index (χ4n) is 3.07. The quantitative estimate of drug-likeness (QED) is 0.823. The molecule has 1 unspecified atom stereocenters. The highest BCUT2D eigenvalue weighted by Crippen LogP contribution is 2.29. The van der Waals surface area contributed by atoms with Crippen molar-refractivity contribution in [3.8, 4) is 0 Å². The van der Waals surface area contributed by atoms with Crippen molar-refractivity contribution >= 4 is 34.7 Å². The van der Waals surface area contributed by atoms with Crippen LogP contribution in [0.25, 0.3) is 0 Å². The van der Waals surface area contributed by atoms with Crippen molar-refractivity contribution in [3.63, 3.8) is 0 Å². The van der Waals surface area contributed by atoms with Gasteiger partial charge >= 0.3 is 0 Å². The van der Waals surface area contributed by atoms with E-state index in [1.54, 1.807) is 16.5 Å². The molecular formula is C17H19N5O3S. The number of rotatable bonds is 5. The van der Waals surface area contributed by atoms with E-state index in [0.29, 0.717) is 30.2 Å². The van der Waals surface area contributed by atoms with E-state index in [4.69, 9.17) is 4.74 Å². The third-order valence-corrected chi connectivity index (χ3v) is 5.08. The van der Waals surface area contributed by atoms with Gasteiger partial charge in [-0.05, 0) is 18.9 Å². The van der Waals surface area contributed by atoms with E-state index in [1.807, 2.05) is 5.38 Å². The van der Waals surface area contributed by atoms with E-state index >= 15 is 0 Å². The molecule has 2 amide bonds. The Morgan fingerprint density at radius 3 is 3.15 bits per heavy atom. The monoisotopic (exact) mass is 373 g/mol. The van der Waals surface area contributed by atoms with Gasteiger partial charge in [-0.2, -0.15) is 0 Å². The Morgan fingerprint density at radius 2 is 2.38 bits per heavy atom. The van der Waals surface area contributed by atoms with Crippen LogP contribution in [-0.2, 0) is 16.1 Å². The first-order chi connectivity index (χ1) is 12.7. The molecule has 2 aromatic heterocycles. The summed E-state index contributed by atoms with van der Waals surface area (Å²) in [5, 5.41) is 7.78. The number of nitrogens with zero attached hydrogens (tertiary/aromatic N) is 3. The Labute approximate surface area is 154 Å². The van der Waals surface area contributed by atoms with Crippen LogP contribution < -0.4 is 15.5 Å². The summed E-state index contributed by atoms with van der Waals surface area (Å²) >= 11 is 1.48. The number of thiazole rings is 1. The topological polar surface area (TPSA) is 96.4 Å². The zero-order chi connectivity index (χ0) is 17.9. The van der Waals surface area contributed by atoms with Gasteiger partial charge in [0.15, 0.2) is 5.82 Å². The number of pyridine rings is 1. The maximum absolute atomic E-state index is 12.5. The van der Waals surface area contributed by atoms with Crippen molar-refractivity contribution < 1.29 is 14.3 Å². The molecule has 0 aliphatic carbocycles. The van der Waals surface area contributed by atoms with Gasteiger partial charge < -0.3 is 20.3 Å². The number of amides is 2. The number of fused-ring (bicyclic) bond motifs is 1. The molecule has 2 aliphatic heterocycles. The number of carbonyl (C=O) groups excluding carboxylic acids is 2. The molecule has 4 rings (SSSR count). The Balaban J connectivity index is 1.52. The molecule has 8 nitrogen and oxygen atoms in total. The number of hydrogen-bond donors (Lipinski definition) is 2. The van der Waals surface area contributed by atoms with Crippen molar-refractivity contribution in [1.82, 2.24) is 15.3 Å². The van der Waals surface area contributed by atoms with Gasteiger partial charge in [0.1, 0.15) is 0 Å². The zero-order valence-electron chi connectivity index (χ0n) is 14.1. The summed E-state index contributed by atoms with van der Waals surface area (Å²) in [6.07, 6.45) is 3.59. The van der Waals surface area contributed by atoms with Crippen LogP contribution in [0, 0.1) is 0 Å². The minimum Gasteiger partial charge on any atom is -0.376 e. The average Bonchev–Trinajstić information content (AvgIpc) is 3.35. The molecule has 2 aromatic rings. The van der Waals surface area contributed by atoms with Crippen LogP contribution in [-0.4, -0.2) is 47.6 Å². The number of carbonyl (C=O) groups is 2. The van der Waals surface area contributed by atoms with Crippen LogP contribution in [0.1, 0.15) is 28.9 Å². The number of hydrogen-bond acceptors (Lipinski definition) is 7. The van der Waals surface area contributed by atoms with Crippen molar-refractivity contribution in [2.75, 3.05) is 29.9 Å². The lowest BCUT2D eigenvalue weighted by molar-refractivity contribution is -0.117. The molecule has 1 atom stereocenters. The van der Waals surface area contributed by atoms with Gasteiger partial charge in [-0.25, -0.2) is 9.97 Å². The first-order valence-electron chi connectivity index (χ1n) is 8.52. The average molecular weight is 373 g/mol. The minimum absolute atomic E-state index is 0.0777. The third kappa shape index (κ3) is 3.54. The predicted octanol–water partition coefficient (Wildman–Crippen LogP) is 1.41. The summed E-state index contributed by atoms with van der Waals surface area (Å²) in [7, 11) is 0. The van der Waals surface area contributed by atoms with E-state index in [9.17, 15) is 9.59 Å². The number of nitrogens with one attached hydrogen (secondary N) is 2. The van der Waals surface area contributed by atoms with Gasteiger partial charge in [0.2, 0.25) is 5.91 Å². The summed E-state index contributed by atoms with van der Waals surface area (Å²) in [5.41, 5.74) is 3.56. The summed E-state index contributed by atoms with van der Waals surface area (Å²) in [6.45, 7) is 1.77. The highest BCUT2D eigenvalue weighted by Gasteiger charge is 2.27. The van der Waals surface area contributed by atoms with Crippen LogP contribution in [0.5, 0.6) is 0 Å². The number of anilines is 2. The van der Waals surface area contributed by atoms with Gasteiger partial charge in [0.25, 0.3) is 5.91 Å². The summed E-state index contributed by atoms with van der Waals surface area (Å²) in [5.74, 6) is 0.294. The highest BCUT2D eigenvalue weighted by atomic mass is 32.1. The van der Waals surface area contributed by atoms with E-state index in [0.717, 1.165) is 25.1 Å². The molecule has 0 spiro atoms. The molecule has 1 fully saturated rings. The lowest BCUT2D eigenvalue weighted by Gasteiger charge is -2.29. The standard InChI is InChI=1S/C17H19N5O3S/c23-15-7-19-16-14(22(15)8-12-9-26-10-21-12)4-11(5-18-16)17(24)20-6-13-2-1-3-25-13/h4-5,9-10,13H,1-3,6-8H2,(H,18,19)(H,20,24). The first-order valence-corrected chi connectivity index (χ1v) is 9.46. The Kier molecular flexibility index (Phi) is 4.81. The Morgan fingerprint density at radius 1 is 1.46 bits per heavy atom. The molecule has 0 aromatic carbocycles. The molecule has 1 saturated heterocycles. The lowest BCUT2D eigenvalue weighted by Crippen LogP contribution is -2.40. The molecule has 2 N–H and O–H groups in total. The van der Waals surface area contributed by atoms with Crippen molar-refractivity contribution in [1.29, 1.82) is 0 Å². The fourth-order valence-corrected chi connectivity index (χ4v) is 3.62. The van der Waals surface area contributed by atoms with Gasteiger partial charge in [0.05, 0.1) is 41.6 Å². The number of ether oxygens (including phenoxy) is 1. The van der Waals surface area contributed by atoms with E-state index in [-0.39, 0.29) is 24.5 Å². The Hall–Kier alpha value is -2.52. The molecular weight excluding hydrogens is 354 g/mol. The van der Waals surface area contributed by atoms with Crippen LogP contribution in [0.3, 0.4) is 0 Å². The molecule has 26 heavy (non-hydrogen) atoms. The molecule has 2 aliphatic rings. The SMILES string of the molecule is O=C(NCC1CCCO1)c1cnc2c(c1)N(Cc1cscn1)C(=O)CN2. The van der Waals surface area contributed by atoms with E-state index in [1.165, 1.54) is 17.5 Å². The van der Waals surface area contributed by atoms with Gasteiger partial charge in [-0.15, -0.1) is 11.3 Å². The van der Waals surface area contributed by atoms with Gasteiger partial charge in [-0.1, -0.05) is 0 Å². The van der Waals surface area contributed by atoms with Crippen LogP contribution in [0.4, 0.5) is 11.5 Å². The van der Waals surface area contributed by atoms with Crippen LogP contribution >= 0.6 is 11.3 Å². The molecule has 9 heteroatoms. The fraction of sp³-hybridized carbons (Fsp3) is 0.412. The maximum atomic E-state index is 12.5. The van der Waals surface area contributed by atoms with Gasteiger partial charge in [-0.3, -0.25) is 9.59 Å². The summed E-state index contributed by atoms with van der Waals surface area (Å²) in [4.78, 5) is 35.0. The van der Waals surface area contributed by atoms with E-state index in [2.05, 4.69) is 20.6 Å². The van der Waals surface area contributed by atoms with Gasteiger partial charge in [0, 0.05) is 24.7 Å².